The predicted molar refractivity (Wildman–Crippen MR) is 148 cm³/mol. The van der Waals surface area contributed by atoms with E-state index in [0.717, 1.165) is 61.2 Å². The van der Waals surface area contributed by atoms with Crippen LogP contribution in [-0.4, -0.2) is 71.4 Å². The number of benzene rings is 2. The van der Waals surface area contributed by atoms with Gasteiger partial charge in [0.05, 0.1) is 28.5 Å². The number of rotatable bonds is 8. The van der Waals surface area contributed by atoms with Crippen LogP contribution in [0.15, 0.2) is 30.3 Å². The number of methoxy groups -OCH3 is 1. The van der Waals surface area contributed by atoms with E-state index in [4.69, 9.17) is 4.74 Å². The number of ether oxygens (including phenoxy) is 1. The first-order valence-electron chi connectivity index (χ1n) is 13.6. The summed E-state index contributed by atoms with van der Waals surface area (Å²) in [5.41, 5.74) is 2.48. The molecule has 0 saturated carbocycles. The van der Waals surface area contributed by atoms with Gasteiger partial charge in [-0.15, -0.1) is 5.10 Å². The minimum Gasteiger partial charge on any atom is -0.496 e. The molecule has 2 fully saturated rings. The Kier molecular flexibility index (Phi) is 7.46. The number of amides is 1. The average molecular weight is 555 g/mol. The lowest BCUT2D eigenvalue weighted by molar-refractivity contribution is 0.0947. The first-order valence-corrected chi connectivity index (χ1v) is 14.4. The van der Waals surface area contributed by atoms with Gasteiger partial charge in [0.15, 0.2) is 5.82 Å². The Labute approximate surface area is 229 Å². The fourth-order valence-electron chi connectivity index (χ4n) is 5.50. The minimum absolute atomic E-state index is 0.190. The van der Waals surface area contributed by atoms with Crippen LogP contribution < -0.4 is 15.4 Å². The van der Waals surface area contributed by atoms with Crippen LogP contribution in [0.4, 0.5) is 8.78 Å². The van der Waals surface area contributed by atoms with Crippen molar-refractivity contribution in [2.75, 3.05) is 39.8 Å². The van der Waals surface area contributed by atoms with Crippen molar-refractivity contribution in [2.45, 2.75) is 44.3 Å². The molecule has 0 bridgehead atoms. The van der Waals surface area contributed by atoms with Crippen molar-refractivity contribution in [1.82, 2.24) is 30.1 Å². The van der Waals surface area contributed by atoms with Crippen molar-refractivity contribution >= 4 is 32.4 Å². The lowest BCUT2D eigenvalue weighted by Gasteiger charge is -2.28. The summed E-state index contributed by atoms with van der Waals surface area (Å²) in [6.45, 7) is 3.85. The molecular weight excluding hydrogens is 522 g/mol. The smallest absolute Gasteiger partial charge is 0.255 e. The molecule has 1 atom stereocenters. The van der Waals surface area contributed by atoms with Crippen molar-refractivity contribution in [3.8, 4) is 17.1 Å². The highest BCUT2D eigenvalue weighted by molar-refractivity contribution is 7.23. The number of alkyl halides is 1. The van der Waals surface area contributed by atoms with Crippen molar-refractivity contribution in [3.05, 3.63) is 47.3 Å². The minimum atomic E-state index is -0.683. The maximum Gasteiger partial charge on any atom is 0.255 e. The number of thiazole rings is 1. The van der Waals surface area contributed by atoms with Crippen molar-refractivity contribution in [1.29, 1.82) is 0 Å². The molecule has 11 heteroatoms. The molecule has 8 nitrogen and oxygen atoms in total. The van der Waals surface area contributed by atoms with E-state index in [1.807, 2.05) is 6.07 Å². The molecule has 1 unspecified atom stereocenters. The number of hydrogen-bond acceptors (Lipinski definition) is 7. The number of nitrogens with zero attached hydrogens (tertiary/aromatic N) is 4. The van der Waals surface area contributed by atoms with E-state index in [2.05, 4.69) is 25.6 Å². The molecule has 2 aromatic heterocycles. The average Bonchev–Trinajstić information content (AvgIpc) is 3.68. The third-order valence-corrected chi connectivity index (χ3v) is 8.68. The lowest BCUT2D eigenvalue weighted by atomic mass is 10.0. The van der Waals surface area contributed by atoms with Gasteiger partial charge in [-0.2, -0.15) is 4.98 Å². The molecule has 0 aliphatic carbocycles. The normalized spacial score (nSPS) is 18.8. The molecule has 2 saturated heterocycles. The van der Waals surface area contributed by atoms with Crippen LogP contribution in [0.3, 0.4) is 0 Å². The second-order valence-corrected chi connectivity index (χ2v) is 11.3. The van der Waals surface area contributed by atoms with E-state index >= 15 is 4.39 Å². The predicted octanol–water partition coefficient (Wildman–Crippen LogP) is 4.74. The molecule has 0 spiro atoms. The van der Waals surface area contributed by atoms with Gasteiger partial charge in [-0.25, -0.2) is 13.3 Å². The zero-order chi connectivity index (χ0) is 26.9. The number of likely N-dealkylation sites (tertiary alicyclic amines) is 1. The van der Waals surface area contributed by atoms with E-state index in [9.17, 15) is 9.18 Å². The molecule has 39 heavy (non-hydrogen) atoms. The molecule has 206 valence electrons. The first kappa shape index (κ1) is 26.1. The maximum absolute atomic E-state index is 15.1. The first-order chi connectivity index (χ1) is 19.0. The summed E-state index contributed by atoms with van der Waals surface area (Å²) < 4.78 is 36.4. The highest BCUT2D eigenvalue weighted by Gasteiger charge is 2.22. The van der Waals surface area contributed by atoms with E-state index in [-0.39, 0.29) is 17.8 Å². The second kappa shape index (κ2) is 11.1. The molecule has 2 aliphatic heterocycles. The number of aromatic nitrogens is 3. The van der Waals surface area contributed by atoms with Crippen LogP contribution in [0.1, 0.15) is 54.1 Å². The maximum atomic E-state index is 15.1. The van der Waals surface area contributed by atoms with Gasteiger partial charge in [0.2, 0.25) is 4.96 Å². The van der Waals surface area contributed by atoms with E-state index < -0.39 is 6.17 Å². The zero-order valence-corrected chi connectivity index (χ0v) is 22.7. The number of hydrogen-bond donors (Lipinski definition) is 2. The van der Waals surface area contributed by atoms with E-state index in [1.54, 1.807) is 28.8 Å². The zero-order valence-electron chi connectivity index (χ0n) is 21.9. The van der Waals surface area contributed by atoms with Crippen LogP contribution in [0, 0.1) is 5.82 Å². The molecule has 2 N–H and O–H groups in total. The number of nitrogens with one attached hydrogen (secondary N) is 2. The van der Waals surface area contributed by atoms with Gasteiger partial charge in [-0.05, 0) is 69.0 Å². The highest BCUT2D eigenvalue weighted by Crippen LogP contribution is 2.34. The fraction of sp³-hybridized carbons (Fsp3) is 0.464. The largest absolute Gasteiger partial charge is 0.496 e. The molecule has 4 heterocycles. The van der Waals surface area contributed by atoms with Gasteiger partial charge in [-0.3, -0.25) is 4.79 Å². The van der Waals surface area contributed by atoms with E-state index in [0.29, 0.717) is 47.0 Å². The lowest BCUT2D eigenvalue weighted by Crippen LogP contribution is -2.36. The van der Waals surface area contributed by atoms with Gasteiger partial charge >= 0.3 is 0 Å². The third-order valence-electron chi connectivity index (χ3n) is 7.68. The van der Waals surface area contributed by atoms with Crippen molar-refractivity contribution in [2.24, 2.45) is 0 Å². The SMILES string of the molecule is COc1cc2c(cc1C(=O)NCCCN1CCC(F)CC1)sc1nc(-c3ccc(C4CCCN4)cc3F)nn12. The van der Waals surface area contributed by atoms with Crippen LogP contribution in [0.2, 0.25) is 0 Å². The van der Waals surface area contributed by atoms with Crippen LogP contribution >= 0.6 is 11.3 Å². The van der Waals surface area contributed by atoms with E-state index in [1.165, 1.54) is 18.4 Å². The quantitative estimate of drug-likeness (QED) is 0.306. The molecule has 2 aliphatic rings. The summed E-state index contributed by atoms with van der Waals surface area (Å²) in [6.07, 6.45) is 3.38. The summed E-state index contributed by atoms with van der Waals surface area (Å²) in [5.74, 6) is 0.200. The van der Waals surface area contributed by atoms with Gasteiger partial charge < -0.3 is 20.3 Å². The Bertz CT molecular complexity index is 1490. The van der Waals surface area contributed by atoms with Crippen LogP contribution in [0.25, 0.3) is 26.6 Å². The van der Waals surface area contributed by atoms with Crippen LogP contribution in [0.5, 0.6) is 5.75 Å². The molecule has 2 aromatic carbocycles. The number of carbonyl (C=O) groups excluding carboxylic acids is 1. The number of carbonyl (C=O) groups is 1. The van der Waals surface area contributed by atoms with Gasteiger partial charge in [-0.1, -0.05) is 17.4 Å². The number of halogens is 2. The Morgan fingerprint density at radius 1 is 1.23 bits per heavy atom. The van der Waals surface area contributed by atoms with Crippen molar-refractivity contribution in [3.63, 3.8) is 0 Å². The summed E-state index contributed by atoms with van der Waals surface area (Å²) in [5, 5.41) is 11.0. The van der Waals surface area contributed by atoms with Gasteiger partial charge in [0.25, 0.3) is 5.91 Å². The summed E-state index contributed by atoms with van der Waals surface area (Å²) in [6, 6.07) is 9.02. The topological polar surface area (TPSA) is 83.8 Å². The Morgan fingerprint density at radius 3 is 2.82 bits per heavy atom. The number of fused-ring (bicyclic) bond motifs is 3. The Morgan fingerprint density at radius 2 is 2.08 bits per heavy atom. The molecule has 0 radical (unpaired) electrons. The molecule has 1 amide bonds. The van der Waals surface area contributed by atoms with Gasteiger partial charge in [0, 0.05) is 31.7 Å². The summed E-state index contributed by atoms with van der Waals surface area (Å²) in [4.78, 5) is 20.4. The van der Waals surface area contributed by atoms with Gasteiger partial charge in [0.1, 0.15) is 17.7 Å². The number of piperidine rings is 1. The van der Waals surface area contributed by atoms with Crippen LogP contribution in [-0.2, 0) is 0 Å². The molecule has 4 aromatic rings. The molecular formula is C28H32F2N6O2S. The molecule has 6 rings (SSSR count). The highest BCUT2D eigenvalue weighted by atomic mass is 32.1. The Hall–Kier alpha value is -3.15. The standard InChI is InChI=1S/C28H32F2N6O2S/c1-38-24-16-23-25(15-20(24)27(37)32-10-3-11-35-12-7-18(29)8-13-35)39-28-33-26(34-36(23)28)19-6-5-17(14-21(19)30)22-4-2-9-31-22/h5-6,14-16,18,22,31H,2-4,7-13H2,1H3,(H,32,37). The second-order valence-electron chi connectivity index (χ2n) is 10.3. The summed E-state index contributed by atoms with van der Waals surface area (Å²) >= 11 is 1.39. The fourth-order valence-corrected chi connectivity index (χ4v) is 6.48. The monoisotopic (exact) mass is 554 g/mol. The third kappa shape index (κ3) is 5.35. The summed E-state index contributed by atoms with van der Waals surface area (Å²) in [7, 11) is 1.53. The van der Waals surface area contributed by atoms with Crippen molar-refractivity contribution < 1.29 is 18.3 Å². The Balaban J connectivity index is 1.18.